The smallest absolute Gasteiger partial charge is 0.164 e. The van der Waals surface area contributed by atoms with E-state index >= 15 is 0 Å². The van der Waals surface area contributed by atoms with Crippen molar-refractivity contribution in [3.63, 3.8) is 0 Å². The molecule has 0 N–H and O–H groups in total. The van der Waals surface area contributed by atoms with Crippen molar-refractivity contribution in [2.45, 2.75) is 0 Å². The first-order valence-corrected chi connectivity index (χ1v) is 22.6. The van der Waals surface area contributed by atoms with Gasteiger partial charge in [0, 0.05) is 27.5 Å². The molecule has 67 heavy (non-hydrogen) atoms. The molecule has 0 saturated carbocycles. The largest absolute Gasteiger partial charge is 0.456 e. The number of para-hydroxylation sites is 1. The molecule has 0 unspecified atom stereocenters. The van der Waals surface area contributed by atoms with Gasteiger partial charge in [-0.05, 0) is 97.1 Å². The third-order valence-corrected chi connectivity index (χ3v) is 12.6. The SMILES string of the molecule is c1ccc(-c2nc(-c3ccc(-c4ccc(-c5cc(-c6ccccc6)c(-c6ccccc6)c(-c6ccccc6)c5-c5ccccc5)cc4)cc3)nc(-c3ccc4oc5ccccc5c4c3)n2)cc1. The molecular weight excluding hydrogens is 815 g/mol. The average Bonchev–Trinajstić information content (AvgIpc) is 3.79. The fourth-order valence-corrected chi connectivity index (χ4v) is 9.33. The van der Waals surface area contributed by atoms with Crippen LogP contribution in [0.5, 0.6) is 0 Å². The third-order valence-electron chi connectivity index (χ3n) is 12.6. The molecule has 314 valence electrons. The summed E-state index contributed by atoms with van der Waals surface area (Å²) in [6.07, 6.45) is 0. The maximum absolute atomic E-state index is 6.14. The molecule has 2 aromatic heterocycles. The summed E-state index contributed by atoms with van der Waals surface area (Å²) in [6.45, 7) is 0. The summed E-state index contributed by atoms with van der Waals surface area (Å²) in [4.78, 5) is 15.1. The number of aromatic nitrogens is 3. The number of nitrogens with zero attached hydrogens (tertiary/aromatic N) is 3. The number of furan rings is 1. The molecule has 0 radical (unpaired) electrons. The Morgan fingerprint density at radius 3 is 1.09 bits per heavy atom. The first kappa shape index (κ1) is 39.6. The summed E-state index contributed by atoms with van der Waals surface area (Å²) in [7, 11) is 0. The molecule has 4 heteroatoms. The van der Waals surface area contributed by atoms with Gasteiger partial charge in [0.15, 0.2) is 17.5 Å². The standard InChI is InChI=1S/C63H41N3O/c1-6-18-44(19-7-1)53-41-54(59(47-22-10-3-11-23-47)60(48-24-12-4-13-25-48)58(53)46-20-8-2-9-21-46)45-34-30-42(31-35-45)43-32-36-50(37-33-43)62-64-61(49-26-14-5-15-27-49)65-63(66-62)51-38-39-57-55(40-51)52-28-16-17-29-56(52)67-57/h1-41H. The number of fused-ring (bicyclic) bond motifs is 3. The van der Waals surface area contributed by atoms with Crippen LogP contribution in [0.2, 0.25) is 0 Å². The first-order valence-electron chi connectivity index (χ1n) is 22.6. The summed E-state index contributed by atoms with van der Waals surface area (Å²) in [5.74, 6) is 1.84. The van der Waals surface area contributed by atoms with E-state index in [2.05, 4.69) is 188 Å². The summed E-state index contributed by atoms with van der Waals surface area (Å²) in [5, 5.41) is 2.09. The molecule has 0 atom stereocenters. The minimum atomic E-state index is 0.605. The Labute approximate surface area is 389 Å². The van der Waals surface area contributed by atoms with E-state index in [-0.39, 0.29) is 0 Å². The molecule has 0 amide bonds. The molecule has 12 aromatic rings. The van der Waals surface area contributed by atoms with Gasteiger partial charge >= 0.3 is 0 Å². The van der Waals surface area contributed by atoms with E-state index < -0.39 is 0 Å². The van der Waals surface area contributed by atoms with Gasteiger partial charge in [0.25, 0.3) is 0 Å². The van der Waals surface area contributed by atoms with Gasteiger partial charge in [-0.2, -0.15) is 0 Å². The molecule has 0 bridgehead atoms. The summed E-state index contributed by atoms with van der Waals surface area (Å²) in [5.41, 5.74) is 18.4. The number of hydrogen-bond donors (Lipinski definition) is 0. The van der Waals surface area contributed by atoms with E-state index in [0.29, 0.717) is 17.5 Å². The number of rotatable bonds is 9. The maximum Gasteiger partial charge on any atom is 0.164 e. The maximum atomic E-state index is 6.14. The van der Waals surface area contributed by atoms with Crippen LogP contribution in [-0.4, -0.2) is 15.0 Å². The van der Waals surface area contributed by atoms with E-state index in [1.165, 1.54) is 50.1 Å². The predicted molar refractivity (Wildman–Crippen MR) is 276 cm³/mol. The summed E-state index contributed by atoms with van der Waals surface area (Å²) >= 11 is 0. The Balaban J connectivity index is 0.957. The van der Waals surface area contributed by atoms with Crippen LogP contribution < -0.4 is 0 Å². The van der Waals surface area contributed by atoms with Crippen LogP contribution in [0.1, 0.15) is 0 Å². The van der Waals surface area contributed by atoms with Crippen molar-refractivity contribution in [2.24, 2.45) is 0 Å². The highest BCUT2D eigenvalue weighted by molar-refractivity contribution is 6.08. The van der Waals surface area contributed by atoms with E-state index in [9.17, 15) is 0 Å². The molecule has 0 aliphatic rings. The van der Waals surface area contributed by atoms with Gasteiger partial charge in [-0.3, -0.25) is 0 Å². The highest BCUT2D eigenvalue weighted by Gasteiger charge is 2.24. The van der Waals surface area contributed by atoms with Gasteiger partial charge < -0.3 is 4.42 Å². The van der Waals surface area contributed by atoms with Gasteiger partial charge in [0.05, 0.1) is 0 Å². The zero-order chi connectivity index (χ0) is 44.5. The predicted octanol–water partition coefficient (Wildman–Crippen LogP) is 16.8. The highest BCUT2D eigenvalue weighted by Crippen LogP contribution is 2.50. The normalized spacial score (nSPS) is 11.3. The van der Waals surface area contributed by atoms with Crippen LogP contribution in [0, 0.1) is 0 Å². The van der Waals surface area contributed by atoms with Crippen LogP contribution >= 0.6 is 0 Å². The Hall–Kier alpha value is -8.99. The monoisotopic (exact) mass is 855 g/mol. The Morgan fingerprint density at radius 2 is 0.567 bits per heavy atom. The lowest BCUT2D eigenvalue weighted by Gasteiger charge is -2.24. The van der Waals surface area contributed by atoms with Crippen LogP contribution in [0.15, 0.2) is 253 Å². The zero-order valence-corrected chi connectivity index (χ0v) is 36.4. The minimum absolute atomic E-state index is 0.605. The topological polar surface area (TPSA) is 51.8 Å². The van der Waals surface area contributed by atoms with Gasteiger partial charge in [-0.1, -0.05) is 218 Å². The average molecular weight is 856 g/mol. The second-order valence-electron chi connectivity index (χ2n) is 16.7. The molecular formula is C63H41N3O. The Kier molecular flexibility index (Phi) is 10.2. The minimum Gasteiger partial charge on any atom is -0.456 e. The second kappa shape index (κ2) is 17.2. The van der Waals surface area contributed by atoms with Crippen molar-refractivity contribution in [3.8, 4) is 101 Å². The summed E-state index contributed by atoms with van der Waals surface area (Å²) < 4.78 is 6.14. The molecule has 0 saturated heterocycles. The van der Waals surface area contributed by atoms with E-state index in [0.717, 1.165) is 55.3 Å². The van der Waals surface area contributed by atoms with Crippen molar-refractivity contribution >= 4 is 21.9 Å². The van der Waals surface area contributed by atoms with Crippen molar-refractivity contribution < 1.29 is 4.42 Å². The van der Waals surface area contributed by atoms with Crippen molar-refractivity contribution in [3.05, 3.63) is 249 Å². The van der Waals surface area contributed by atoms with Gasteiger partial charge in [0.2, 0.25) is 0 Å². The van der Waals surface area contributed by atoms with Crippen molar-refractivity contribution in [1.29, 1.82) is 0 Å². The van der Waals surface area contributed by atoms with Crippen LogP contribution in [0.4, 0.5) is 0 Å². The van der Waals surface area contributed by atoms with Crippen molar-refractivity contribution in [1.82, 2.24) is 15.0 Å². The van der Waals surface area contributed by atoms with E-state index in [1.54, 1.807) is 0 Å². The fourth-order valence-electron chi connectivity index (χ4n) is 9.33. The lowest BCUT2D eigenvalue weighted by Crippen LogP contribution is -2.00. The van der Waals surface area contributed by atoms with Crippen LogP contribution in [0.25, 0.3) is 123 Å². The van der Waals surface area contributed by atoms with Crippen LogP contribution in [0.3, 0.4) is 0 Å². The van der Waals surface area contributed by atoms with Gasteiger partial charge in [-0.25, -0.2) is 15.0 Å². The first-order chi connectivity index (χ1) is 33.2. The summed E-state index contributed by atoms with van der Waals surface area (Å²) in [6, 6.07) is 87.5. The quantitative estimate of drug-likeness (QED) is 0.145. The van der Waals surface area contributed by atoms with Gasteiger partial charge in [0.1, 0.15) is 11.2 Å². The third kappa shape index (κ3) is 7.57. The van der Waals surface area contributed by atoms with E-state index in [1.807, 2.05) is 60.7 Å². The zero-order valence-electron chi connectivity index (χ0n) is 36.4. The fraction of sp³-hybridized carbons (Fsp3) is 0. The lowest BCUT2D eigenvalue weighted by atomic mass is 9.79. The number of benzene rings is 10. The number of hydrogen-bond acceptors (Lipinski definition) is 4. The van der Waals surface area contributed by atoms with Crippen molar-refractivity contribution in [2.75, 3.05) is 0 Å². The van der Waals surface area contributed by atoms with Crippen LogP contribution in [-0.2, 0) is 0 Å². The van der Waals surface area contributed by atoms with Gasteiger partial charge in [-0.15, -0.1) is 0 Å². The molecule has 0 aliphatic heterocycles. The second-order valence-corrected chi connectivity index (χ2v) is 16.7. The van der Waals surface area contributed by atoms with E-state index in [4.69, 9.17) is 19.4 Å². The Morgan fingerprint density at radius 1 is 0.224 bits per heavy atom. The molecule has 2 heterocycles. The highest BCUT2D eigenvalue weighted by atomic mass is 16.3. The molecule has 4 nitrogen and oxygen atoms in total. The molecule has 0 spiro atoms. The molecule has 12 rings (SSSR count). The molecule has 0 aliphatic carbocycles. The molecule has 0 fully saturated rings. The Bertz CT molecular complexity index is 3680. The lowest BCUT2D eigenvalue weighted by molar-refractivity contribution is 0.669. The molecule has 10 aromatic carbocycles.